The molecule has 0 saturated carbocycles. The maximum atomic E-state index is 11.3. The highest BCUT2D eigenvalue weighted by Gasteiger charge is 2.17. The minimum absolute atomic E-state index is 0.0203. The Morgan fingerprint density at radius 2 is 1.67 bits per heavy atom. The van der Waals surface area contributed by atoms with Crippen LogP contribution in [0.25, 0.3) is 0 Å². The number of carbonyl (C=O) groups is 1. The first kappa shape index (κ1) is 17.1. The quantitative estimate of drug-likeness (QED) is 0.405. The number of carboxylic acids is 1. The third kappa shape index (κ3) is 4.16. The SMILES string of the molecule is O=C(O)C(Cc1ccc(O)c(O)c1)N=CCc1c(O)cccc1O. The summed E-state index contributed by atoms with van der Waals surface area (Å²) in [6.07, 6.45) is 1.41. The van der Waals surface area contributed by atoms with E-state index in [1.54, 1.807) is 0 Å². The number of carboxylic acid groups (broad SMARTS) is 1. The third-order valence-corrected chi connectivity index (χ3v) is 3.46. The lowest BCUT2D eigenvalue weighted by Gasteiger charge is -2.09. The molecule has 0 heterocycles. The Bertz CT molecular complexity index is 751. The van der Waals surface area contributed by atoms with Gasteiger partial charge in [0.15, 0.2) is 17.5 Å². The second-order valence-electron chi connectivity index (χ2n) is 5.19. The van der Waals surface area contributed by atoms with Gasteiger partial charge in [-0.1, -0.05) is 12.1 Å². The van der Waals surface area contributed by atoms with Gasteiger partial charge >= 0.3 is 5.97 Å². The van der Waals surface area contributed by atoms with E-state index in [1.165, 1.54) is 42.6 Å². The molecule has 5 N–H and O–H groups in total. The highest BCUT2D eigenvalue weighted by atomic mass is 16.4. The number of rotatable bonds is 6. The molecule has 2 rings (SSSR count). The molecule has 1 atom stereocenters. The summed E-state index contributed by atoms with van der Waals surface area (Å²) in [4.78, 5) is 15.3. The molecule has 0 saturated heterocycles. The fourth-order valence-corrected chi connectivity index (χ4v) is 2.17. The van der Waals surface area contributed by atoms with Crippen molar-refractivity contribution in [1.82, 2.24) is 0 Å². The van der Waals surface area contributed by atoms with Crippen LogP contribution in [0.2, 0.25) is 0 Å². The average Bonchev–Trinajstić information content (AvgIpc) is 2.52. The topological polar surface area (TPSA) is 131 Å². The highest BCUT2D eigenvalue weighted by Crippen LogP contribution is 2.27. The fourth-order valence-electron chi connectivity index (χ4n) is 2.17. The molecule has 7 heteroatoms. The molecule has 0 aliphatic carbocycles. The van der Waals surface area contributed by atoms with Crippen molar-refractivity contribution < 1.29 is 30.3 Å². The molecule has 0 aromatic heterocycles. The van der Waals surface area contributed by atoms with Gasteiger partial charge in [-0.15, -0.1) is 0 Å². The van der Waals surface area contributed by atoms with Crippen LogP contribution in [0.3, 0.4) is 0 Å². The van der Waals surface area contributed by atoms with Crippen molar-refractivity contribution in [1.29, 1.82) is 0 Å². The fraction of sp³-hybridized carbons (Fsp3) is 0.176. The molecule has 126 valence electrons. The van der Waals surface area contributed by atoms with Crippen LogP contribution >= 0.6 is 0 Å². The van der Waals surface area contributed by atoms with E-state index in [0.717, 1.165) is 0 Å². The first-order valence-corrected chi connectivity index (χ1v) is 7.13. The summed E-state index contributed by atoms with van der Waals surface area (Å²) in [5.41, 5.74) is 0.757. The van der Waals surface area contributed by atoms with Crippen LogP contribution in [0.15, 0.2) is 41.4 Å². The first-order valence-electron chi connectivity index (χ1n) is 7.13. The third-order valence-electron chi connectivity index (χ3n) is 3.46. The number of aliphatic imine (C=N–C) groups is 1. The molecule has 24 heavy (non-hydrogen) atoms. The number of hydrogen-bond donors (Lipinski definition) is 5. The summed E-state index contributed by atoms with van der Waals surface area (Å²) in [6.45, 7) is 0. The largest absolute Gasteiger partial charge is 0.508 e. The molecule has 0 radical (unpaired) electrons. The van der Waals surface area contributed by atoms with Crippen molar-refractivity contribution in [3.63, 3.8) is 0 Å². The molecule has 1 unspecified atom stereocenters. The molecular weight excluding hydrogens is 314 g/mol. The summed E-state index contributed by atoms with van der Waals surface area (Å²) >= 11 is 0. The van der Waals surface area contributed by atoms with E-state index in [4.69, 9.17) is 0 Å². The van der Waals surface area contributed by atoms with Gasteiger partial charge in [-0.2, -0.15) is 0 Å². The van der Waals surface area contributed by atoms with Crippen LogP contribution in [0.5, 0.6) is 23.0 Å². The molecule has 0 aliphatic rings. The second-order valence-corrected chi connectivity index (χ2v) is 5.19. The summed E-state index contributed by atoms with van der Waals surface area (Å²) < 4.78 is 0. The average molecular weight is 331 g/mol. The minimum atomic E-state index is -1.15. The minimum Gasteiger partial charge on any atom is -0.508 e. The number of aromatic hydroxyl groups is 4. The number of phenols is 4. The molecule has 7 nitrogen and oxygen atoms in total. The highest BCUT2D eigenvalue weighted by molar-refractivity contribution is 5.77. The van der Waals surface area contributed by atoms with E-state index >= 15 is 0 Å². The molecule has 0 fully saturated rings. The van der Waals surface area contributed by atoms with E-state index in [0.29, 0.717) is 5.56 Å². The van der Waals surface area contributed by atoms with E-state index in [1.807, 2.05) is 0 Å². The van der Waals surface area contributed by atoms with Gasteiger partial charge in [0.25, 0.3) is 0 Å². The van der Waals surface area contributed by atoms with Crippen molar-refractivity contribution in [3.8, 4) is 23.0 Å². The number of nitrogens with zero attached hydrogens (tertiary/aromatic N) is 1. The van der Waals surface area contributed by atoms with Gasteiger partial charge in [0.2, 0.25) is 0 Å². The van der Waals surface area contributed by atoms with Gasteiger partial charge in [0.1, 0.15) is 11.5 Å². The summed E-state index contributed by atoms with van der Waals surface area (Å²) in [5, 5.41) is 47.3. The zero-order valence-corrected chi connectivity index (χ0v) is 12.6. The van der Waals surface area contributed by atoms with Crippen molar-refractivity contribution in [2.75, 3.05) is 0 Å². The number of hydrogen-bond acceptors (Lipinski definition) is 6. The summed E-state index contributed by atoms with van der Waals surface area (Å²) in [7, 11) is 0. The standard InChI is InChI=1S/C17H17NO6/c19-13-2-1-3-14(20)11(13)6-7-18-12(17(23)24)8-10-4-5-15(21)16(22)9-10/h1-5,7,9,12,19-22H,6,8H2,(H,23,24). The van der Waals surface area contributed by atoms with E-state index in [-0.39, 0.29) is 41.4 Å². The Morgan fingerprint density at radius 3 is 2.25 bits per heavy atom. The molecule has 0 aliphatic heterocycles. The Hall–Kier alpha value is -3.22. The monoisotopic (exact) mass is 331 g/mol. The summed E-state index contributed by atoms with van der Waals surface area (Å²) in [6, 6.07) is 7.26. The van der Waals surface area contributed by atoms with Crippen LogP contribution < -0.4 is 0 Å². The predicted molar refractivity (Wildman–Crippen MR) is 86.9 cm³/mol. The van der Waals surface area contributed by atoms with Crippen molar-refractivity contribution in [3.05, 3.63) is 47.5 Å². The normalized spacial score (nSPS) is 12.3. The van der Waals surface area contributed by atoms with Gasteiger partial charge in [0.05, 0.1) is 0 Å². The van der Waals surface area contributed by atoms with Crippen molar-refractivity contribution in [2.24, 2.45) is 4.99 Å². The van der Waals surface area contributed by atoms with E-state index in [2.05, 4.69) is 4.99 Å². The first-order chi connectivity index (χ1) is 11.4. The van der Waals surface area contributed by atoms with Crippen LogP contribution in [-0.4, -0.2) is 43.8 Å². The Labute approximate surface area is 137 Å². The second kappa shape index (κ2) is 7.36. The number of benzene rings is 2. The van der Waals surface area contributed by atoms with Crippen LogP contribution in [-0.2, 0) is 17.6 Å². The van der Waals surface area contributed by atoms with E-state index in [9.17, 15) is 30.3 Å². The van der Waals surface area contributed by atoms with E-state index < -0.39 is 12.0 Å². The summed E-state index contributed by atoms with van der Waals surface area (Å²) in [5.74, 6) is -1.97. The number of phenolic OH excluding ortho intramolecular Hbond substituents is 4. The van der Waals surface area contributed by atoms with Gasteiger partial charge in [-0.05, 0) is 29.8 Å². The van der Waals surface area contributed by atoms with Crippen LogP contribution in [0, 0.1) is 0 Å². The lowest BCUT2D eigenvalue weighted by atomic mass is 10.1. The molecule has 0 spiro atoms. The number of aliphatic carboxylic acids is 1. The van der Waals surface area contributed by atoms with Crippen LogP contribution in [0.4, 0.5) is 0 Å². The van der Waals surface area contributed by atoms with Crippen LogP contribution in [0.1, 0.15) is 11.1 Å². The van der Waals surface area contributed by atoms with Gasteiger partial charge < -0.3 is 25.5 Å². The Kier molecular flexibility index (Phi) is 5.26. The lowest BCUT2D eigenvalue weighted by Crippen LogP contribution is -2.21. The molecule has 2 aromatic rings. The molecule has 0 amide bonds. The maximum absolute atomic E-state index is 11.3. The van der Waals surface area contributed by atoms with Gasteiger partial charge in [-0.25, -0.2) is 4.79 Å². The van der Waals surface area contributed by atoms with Gasteiger partial charge in [-0.3, -0.25) is 4.99 Å². The Morgan fingerprint density at radius 1 is 1.00 bits per heavy atom. The Balaban J connectivity index is 2.11. The molecule has 2 aromatic carbocycles. The zero-order chi connectivity index (χ0) is 17.7. The lowest BCUT2D eigenvalue weighted by molar-refractivity contribution is -0.138. The van der Waals surface area contributed by atoms with Crippen molar-refractivity contribution in [2.45, 2.75) is 18.9 Å². The maximum Gasteiger partial charge on any atom is 0.328 e. The zero-order valence-electron chi connectivity index (χ0n) is 12.6. The van der Waals surface area contributed by atoms with Crippen molar-refractivity contribution >= 4 is 12.2 Å². The molecule has 0 bridgehead atoms. The smallest absolute Gasteiger partial charge is 0.328 e. The van der Waals surface area contributed by atoms with Gasteiger partial charge in [0, 0.05) is 24.6 Å². The molecular formula is C17H17NO6. The predicted octanol–water partition coefficient (Wildman–Crippen LogP) is 1.82.